The van der Waals surface area contributed by atoms with Gasteiger partial charge < -0.3 is 15.7 Å². The summed E-state index contributed by atoms with van der Waals surface area (Å²) in [5.74, 6) is -0.999. The van der Waals surface area contributed by atoms with Gasteiger partial charge in [0.25, 0.3) is 0 Å². The molecule has 1 fully saturated rings. The lowest BCUT2D eigenvalue weighted by atomic mass is 9.80. The second-order valence-electron chi connectivity index (χ2n) is 5.90. The lowest BCUT2D eigenvalue weighted by Gasteiger charge is -2.34. The number of aromatic carboxylic acids is 1. The zero-order chi connectivity index (χ0) is 15.5. The average Bonchev–Trinajstić information content (AvgIpc) is 2.46. The summed E-state index contributed by atoms with van der Waals surface area (Å²) < 4.78 is 0. The molecule has 2 rings (SSSR count). The zero-order valence-electron chi connectivity index (χ0n) is 12.3. The van der Waals surface area contributed by atoms with Crippen molar-refractivity contribution >= 4 is 17.6 Å². The number of hydrogen-bond donors (Lipinski definition) is 2. The second-order valence-corrected chi connectivity index (χ2v) is 5.90. The average molecular weight is 290 g/mol. The third-order valence-corrected chi connectivity index (χ3v) is 4.23. The molecule has 1 aliphatic rings. The summed E-state index contributed by atoms with van der Waals surface area (Å²) in [6, 6.07) is 6.29. The molecule has 0 saturated heterocycles. The van der Waals surface area contributed by atoms with Crippen LogP contribution in [0.5, 0.6) is 0 Å². The maximum Gasteiger partial charge on any atom is 0.335 e. The van der Waals surface area contributed by atoms with Gasteiger partial charge in [-0.1, -0.05) is 19.3 Å². The van der Waals surface area contributed by atoms with Crippen LogP contribution < -0.4 is 10.6 Å². The van der Waals surface area contributed by atoms with Crippen LogP contribution in [-0.2, 0) is 4.79 Å². The normalized spacial score (nSPS) is 17.2. The lowest BCUT2D eigenvalue weighted by molar-refractivity contribution is -0.119. The van der Waals surface area contributed by atoms with Crippen molar-refractivity contribution in [1.82, 2.24) is 0 Å². The van der Waals surface area contributed by atoms with Crippen molar-refractivity contribution in [2.24, 2.45) is 5.73 Å². The standard InChI is InChI=1S/C16H22N2O3/c1-18(13-7-5-12(6-8-13)15(20)21)14(19)11-16(17)9-3-2-4-10-16/h5-8H,2-4,9-11,17H2,1H3,(H,20,21). The van der Waals surface area contributed by atoms with Crippen molar-refractivity contribution in [2.75, 3.05) is 11.9 Å². The quantitative estimate of drug-likeness (QED) is 0.892. The molecule has 3 N–H and O–H groups in total. The molecule has 0 aliphatic heterocycles. The molecule has 5 nitrogen and oxygen atoms in total. The van der Waals surface area contributed by atoms with Crippen LogP contribution in [0.1, 0.15) is 48.9 Å². The number of benzene rings is 1. The van der Waals surface area contributed by atoms with E-state index in [9.17, 15) is 9.59 Å². The monoisotopic (exact) mass is 290 g/mol. The Morgan fingerprint density at radius 3 is 2.29 bits per heavy atom. The second kappa shape index (κ2) is 6.26. The van der Waals surface area contributed by atoms with E-state index >= 15 is 0 Å². The summed E-state index contributed by atoms with van der Waals surface area (Å²) in [7, 11) is 1.70. The van der Waals surface area contributed by atoms with Crippen molar-refractivity contribution in [3.63, 3.8) is 0 Å². The smallest absolute Gasteiger partial charge is 0.335 e. The molecule has 114 valence electrons. The van der Waals surface area contributed by atoms with Gasteiger partial charge in [-0.25, -0.2) is 4.79 Å². The number of carbonyl (C=O) groups is 2. The van der Waals surface area contributed by atoms with Crippen molar-refractivity contribution in [1.29, 1.82) is 0 Å². The third kappa shape index (κ3) is 3.82. The molecule has 5 heteroatoms. The number of rotatable bonds is 4. The molecule has 0 aromatic heterocycles. The van der Waals surface area contributed by atoms with Gasteiger partial charge in [-0.2, -0.15) is 0 Å². The van der Waals surface area contributed by atoms with Crippen LogP contribution in [0.4, 0.5) is 5.69 Å². The van der Waals surface area contributed by atoms with E-state index in [0.29, 0.717) is 12.1 Å². The molecule has 0 bridgehead atoms. The summed E-state index contributed by atoms with van der Waals surface area (Å²) in [5, 5.41) is 8.88. The molecule has 1 aliphatic carbocycles. The fourth-order valence-electron chi connectivity index (χ4n) is 2.82. The van der Waals surface area contributed by atoms with Gasteiger partial charge in [0.1, 0.15) is 0 Å². The summed E-state index contributed by atoms with van der Waals surface area (Å²) in [5.41, 5.74) is 6.83. The fourth-order valence-corrected chi connectivity index (χ4v) is 2.82. The predicted molar refractivity (Wildman–Crippen MR) is 81.4 cm³/mol. The molecule has 1 amide bonds. The van der Waals surface area contributed by atoms with Crippen molar-refractivity contribution < 1.29 is 14.7 Å². The Morgan fingerprint density at radius 1 is 1.19 bits per heavy atom. The lowest BCUT2D eigenvalue weighted by Crippen LogP contribution is -2.46. The molecule has 1 aromatic carbocycles. The maximum absolute atomic E-state index is 12.4. The highest BCUT2D eigenvalue weighted by atomic mass is 16.4. The number of amides is 1. The van der Waals surface area contributed by atoms with E-state index in [1.54, 1.807) is 24.1 Å². The molecular formula is C16H22N2O3. The molecule has 0 radical (unpaired) electrons. The topological polar surface area (TPSA) is 83.6 Å². The first-order valence-corrected chi connectivity index (χ1v) is 7.30. The van der Waals surface area contributed by atoms with Gasteiger partial charge >= 0.3 is 5.97 Å². The summed E-state index contributed by atoms with van der Waals surface area (Å²) >= 11 is 0. The van der Waals surface area contributed by atoms with Crippen LogP contribution in [0, 0.1) is 0 Å². The van der Waals surface area contributed by atoms with E-state index in [1.807, 2.05) is 0 Å². The van der Waals surface area contributed by atoms with Crippen LogP contribution in [-0.4, -0.2) is 29.6 Å². The molecule has 1 saturated carbocycles. The first-order valence-electron chi connectivity index (χ1n) is 7.30. The Labute approximate surface area is 124 Å². The van der Waals surface area contributed by atoms with Crippen molar-refractivity contribution in [2.45, 2.75) is 44.1 Å². The van der Waals surface area contributed by atoms with Gasteiger partial charge in [0, 0.05) is 24.7 Å². The Bertz CT molecular complexity index is 519. The van der Waals surface area contributed by atoms with Crippen molar-refractivity contribution in [3.05, 3.63) is 29.8 Å². The molecule has 0 heterocycles. The summed E-state index contributed by atoms with van der Waals surface area (Å²) in [4.78, 5) is 24.7. The zero-order valence-corrected chi connectivity index (χ0v) is 12.3. The fraction of sp³-hybridized carbons (Fsp3) is 0.500. The van der Waals surface area contributed by atoms with Gasteiger partial charge in [-0.05, 0) is 37.1 Å². The first kappa shape index (κ1) is 15.5. The van der Waals surface area contributed by atoms with Gasteiger partial charge in [0.15, 0.2) is 0 Å². The summed E-state index contributed by atoms with van der Waals surface area (Å²) in [6.07, 6.45) is 5.49. The minimum atomic E-state index is -0.973. The highest BCUT2D eigenvalue weighted by Crippen LogP contribution is 2.29. The highest BCUT2D eigenvalue weighted by molar-refractivity contribution is 5.94. The molecule has 0 spiro atoms. The van der Waals surface area contributed by atoms with Crippen molar-refractivity contribution in [3.8, 4) is 0 Å². The number of anilines is 1. The number of carboxylic acids is 1. The van der Waals surface area contributed by atoms with E-state index in [-0.39, 0.29) is 17.0 Å². The van der Waals surface area contributed by atoms with E-state index in [1.165, 1.54) is 18.6 Å². The van der Waals surface area contributed by atoms with Gasteiger partial charge in [0.2, 0.25) is 5.91 Å². The minimum Gasteiger partial charge on any atom is -0.478 e. The van der Waals surface area contributed by atoms with E-state index in [0.717, 1.165) is 25.7 Å². The highest BCUT2D eigenvalue weighted by Gasteiger charge is 2.31. The molecule has 0 atom stereocenters. The third-order valence-electron chi connectivity index (χ3n) is 4.23. The van der Waals surface area contributed by atoms with E-state index in [2.05, 4.69) is 0 Å². The van der Waals surface area contributed by atoms with Crippen LogP contribution in [0.2, 0.25) is 0 Å². The number of hydrogen-bond acceptors (Lipinski definition) is 3. The number of carboxylic acid groups (broad SMARTS) is 1. The molecule has 21 heavy (non-hydrogen) atoms. The number of nitrogens with two attached hydrogens (primary N) is 1. The van der Waals surface area contributed by atoms with E-state index in [4.69, 9.17) is 10.8 Å². The summed E-state index contributed by atoms with van der Waals surface area (Å²) in [6.45, 7) is 0. The van der Waals surface area contributed by atoms with Crippen LogP contribution in [0.25, 0.3) is 0 Å². The number of nitrogens with zero attached hydrogens (tertiary/aromatic N) is 1. The molecule has 1 aromatic rings. The maximum atomic E-state index is 12.4. The minimum absolute atomic E-state index is 0.0255. The Hall–Kier alpha value is -1.88. The first-order chi connectivity index (χ1) is 9.91. The largest absolute Gasteiger partial charge is 0.478 e. The SMILES string of the molecule is CN(C(=O)CC1(N)CCCCC1)c1ccc(C(=O)O)cc1. The van der Waals surface area contributed by atoms with Crippen LogP contribution in [0.3, 0.4) is 0 Å². The molecule has 0 unspecified atom stereocenters. The Balaban J connectivity index is 2.03. The van der Waals surface area contributed by atoms with E-state index < -0.39 is 5.97 Å². The number of carbonyl (C=O) groups excluding carboxylic acids is 1. The van der Waals surface area contributed by atoms with Crippen LogP contribution in [0.15, 0.2) is 24.3 Å². The van der Waals surface area contributed by atoms with Gasteiger partial charge in [0.05, 0.1) is 5.56 Å². The van der Waals surface area contributed by atoms with Crippen LogP contribution >= 0.6 is 0 Å². The van der Waals surface area contributed by atoms with Gasteiger partial charge in [-0.3, -0.25) is 4.79 Å². The Kier molecular flexibility index (Phi) is 4.63. The molecular weight excluding hydrogens is 268 g/mol. The predicted octanol–water partition coefficient (Wildman–Crippen LogP) is 2.40. The van der Waals surface area contributed by atoms with Gasteiger partial charge in [-0.15, -0.1) is 0 Å². The Morgan fingerprint density at radius 2 is 1.76 bits per heavy atom.